The molecule has 1 atom stereocenters. The summed E-state index contributed by atoms with van der Waals surface area (Å²) in [5.74, 6) is 0. The van der Waals surface area contributed by atoms with Crippen molar-refractivity contribution in [2.45, 2.75) is 64.5 Å². The van der Waals surface area contributed by atoms with Gasteiger partial charge in [0.15, 0.2) is 8.32 Å². The first-order valence-electron chi connectivity index (χ1n) is 10.3. The number of rotatable bonds is 8. The smallest absolute Gasteiger partial charge is 0.191 e. The van der Waals surface area contributed by atoms with Crippen molar-refractivity contribution in [1.29, 1.82) is 0 Å². The summed E-state index contributed by atoms with van der Waals surface area (Å²) in [4.78, 5) is 0. The Morgan fingerprint density at radius 3 is 1.81 bits per heavy atom. The average Bonchev–Trinajstić information content (AvgIpc) is 3.27. The molecule has 3 rings (SSSR count). The highest BCUT2D eigenvalue weighted by Gasteiger charge is 2.54. The fraction of sp³-hybridized carbons (Fsp3) is 0.500. The number of benzene rings is 2. The van der Waals surface area contributed by atoms with E-state index in [1.807, 2.05) is 0 Å². The van der Waals surface area contributed by atoms with Crippen LogP contribution in [-0.4, -0.2) is 32.0 Å². The third-order valence-corrected chi connectivity index (χ3v) is 11.2. The molecule has 1 saturated heterocycles. The van der Waals surface area contributed by atoms with E-state index >= 15 is 0 Å². The maximum Gasteiger partial charge on any atom is 0.191 e. The largest absolute Gasteiger partial charge is 0.417 e. The Hall–Kier alpha value is -1.42. The summed E-state index contributed by atoms with van der Waals surface area (Å²) in [7, 11) is -1.65. The molecule has 27 heavy (non-hydrogen) atoms. The Morgan fingerprint density at radius 2 is 1.37 bits per heavy atom. The zero-order valence-corrected chi connectivity index (χ0v) is 18.7. The molecule has 1 heterocycles. The molecule has 1 aliphatic heterocycles. The maximum absolute atomic E-state index is 6.47. The van der Waals surface area contributed by atoms with Gasteiger partial charge in [-0.2, -0.15) is 0 Å². The van der Waals surface area contributed by atoms with Gasteiger partial charge in [-0.15, -0.1) is 0 Å². The van der Waals surface area contributed by atoms with Crippen molar-refractivity contribution in [1.82, 2.24) is 0 Å². The van der Waals surface area contributed by atoms with Crippen molar-refractivity contribution >= 4 is 8.32 Å². The van der Waals surface area contributed by atoms with Crippen LogP contribution in [0.3, 0.4) is 0 Å². The second-order valence-electron chi connectivity index (χ2n) is 9.74. The highest BCUT2D eigenvalue weighted by molar-refractivity contribution is 6.74. The van der Waals surface area contributed by atoms with Crippen LogP contribution in [0, 0.1) is 0 Å². The second kappa shape index (κ2) is 7.90. The van der Waals surface area contributed by atoms with Gasteiger partial charge < -0.3 is 8.91 Å². The monoisotopic (exact) mass is 382 g/mol. The predicted octanol–water partition coefficient (Wildman–Crippen LogP) is 6.00. The molecular formula is C24H36NOSi+. The summed E-state index contributed by atoms with van der Waals surface area (Å²) in [6.45, 7) is 16.1. The van der Waals surface area contributed by atoms with Gasteiger partial charge in [0.25, 0.3) is 0 Å². The topological polar surface area (TPSA) is 9.23 Å². The molecule has 2 nitrogen and oxygen atoms in total. The molecule has 3 heteroatoms. The van der Waals surface area contributed by atoms with E-state index in [0.29, 0.717) is 0 Å². The molecule has 0 aliphatic carbocycles. The fourth-order valence-corrected chi connectivity index (χ4v) is 4.80. The number of quaternary nitrogens is 1. The fourth-order valence-electron chi connectivity index (χ4n) is 3.74. The third kappa shape index (κ3) is 5.10. The predicted molar refractivity (Wildman–Crippen MR) is 117 cm³/mol. The van der Waals surface area contributed by atoms with Gasteiger partial charge in [0.05, 0.1) is 0 Å². The van der Waals surface area contributed by atoms with E-state index in [0.717, 1.165) is 25.7 Å². The van der Waals surface area contributed by atoms with Crippen molar-refractivity contribution in [3.05, 3.63) is 71.8 Å². The molecule has 1 fully saturated rings. The summed E-state index contributed by atoms with van der Waals surface area (Å²) in [6, 6.07) is 22.7. The van der Waals surface area contributed by atoms with Gasteiger partial charge in [0, 0.05) is 24.2 Å². The van der Waals surface area contributed by atoms with Crippen molar-refractivity contribution < 1.29 is 8.91 Å². The molecule has 0 radical (unpaired) electrons. The minimum Gasteiger partial charge on any atom is -0.417 e. The molecule has 146 valence electrons. The lowest BCUT2D eigenvalue weighted by Crippen LogP contribution is -2.41. The van der Waals surface area contributed by atoms with Crippen LogP contribution in [0.5, 0.6) is 0 Å². The summed E-state index contributed by atoms with van der Waals surface area (Å²) in [5, 5.41) is 0.288. The van der Waals surface area contributed by atoms with Crippen molar-refractivity contribution in [2.75, 3.05) is 13.2 Å². The van der Waals surface area contributed by atoms with Crippen LogP contribution in [0.15, 0.2) is 60.7 Å². The zero-order valence-electron chi connectivity index (χ0n) is 17.7. The van der Waals surface area contributed by atoms with Crippen LogP contribution < -0.4 is 0 Å². The van der Waals surface area contributed by atoms with Crippen LogP contribution in [0.25, 0.3) is 0 Å². The molecule has 0 bridgehead atoms. The molecule has 1 aliphatic rings. The summed E-state index contributed by atoms with van der Waals surface area (Å²) < 4.78 is 7.64. The van der Waals surface area contributed by atoms with E-state index in [1.54, 1.807) is 0 Å². The van der Waals surface area contributed by atoms with E-state index < -0.39 is 8.32 Å². The van der Waals surface area contributed by atoms with Crippen LogP contribution in [0.2, 0.25) is 18.1 Å². The van der Waals surface area contributed by atoms with Gasteiger partial charge in [-0.25, -0.2) is 0 Å². The first-order chi connectivity index (χ1) is 12.7. The van der Waals surface area contributed by atoms with Crippen LogP contribution in [0.4, 0.5) is 0 Å². The zero-order chi connectivity index (χ0) is 19.5. The van der Waals surface area contributed by atoms with Crippen LogP contribution in [0.1, 0.15) is 38.3 Å². The Balaban J connectivity index is 1.64. The van der Waals surface area contributed by atoms with E-state index in [-0.39, 0.29) is 5.04 Å². The highest BCUT2D eigenvalue weighted by Crippen LogP contribution is 2.40. The van der Waals surface area contributed by atoms with Crippen LogP contribution >= 0.6 is 0 Å². The Labute approximate surface area is 166 Å². The summed E-state index contributed by atoms with van der Waals surface area (Å²) >= 11 is 0. The average molecular weight is 383 g/mol. The van der Waals surface area contributed by atoms with Gasteiger partial charge in [-0.1, -0.05) is 81.4 Å². The minimum atomic E-state index is -1.65. The van der Waals surface area contributed by atoms with Crippen LogP contribution in [-0.2, 0) is 17.5 Å². The van der Waals surface area contributed by atoms with Crippen molar-refractivity contribution in [3.63, 3.8) is 0 Å². The molecule has 0 unspecified atom stereocenters. The molecule has 0 aromatic heterocycles. The molecule has 0 N–H and O–H groups in total. The second-order valence-corrected chi connectivity index (χ2v) is 14.5. The standard InChI is InChI=1S/C24H36NOSi/c1-24(2,3)27(4,5)26-17-16-23-20-25(23,18-21-12-8-6-9-13-21)19-22-14-10-7-11-15-22/h6-15,23H,16-20H2,1-5H3/q+1/t23-/m0/s1. The Kier molecular flexibility index (Phi) is 5.95. The van der Waals surface area contributed by atoms with E-state index in [1.165, 1.54) is 28.6 Å². The number of nitrogens with zero attached hydrogens (tertiary/aromatic N) is 1. The van der Waals surface area contributed by atoms with Crippen molar-refractivity contribution in [3.8, 4) is 0 Å². The lowest BCUT2D eigenvalue weighted by atomic mass is 10.1. The van der Waals surface area contributed by atoms with Gasteiger partial charge >= 0.3 is 0 Å². The van der Waals surface area contributed by atoms with E-state index in [2.05, 4.69) is 94.5 Å². The number of hydrogen-bond donors (Lipinski definition) is 0. The summed E-state index contributed by atoms with van der Waals surface area (Å²) in [5.41, 5.74) is 2.89. The van der Waals surface area contributed by atoms with Gasteiger partial charge in [0.2, 0.25) is 0 Å². The van der Waals surface area contributed by atoms with Gasteiger partial charge in [-0.05, 0) is 18.1 Å². The minimum absolute atomic E-state index is 0.288. The molecular weight excluding hydrogens is 346 g/mol. The molecule has 0 spiro atoms. The van der Waals surface area contributed by atoms with Gasteiger partial charge in [-0.3, -0.25) is 0 Å². The molecule has 2 aromatic rings. The molecule has 0 saturated carbocycles. The van der Waals surface area contributed by atoms with Crippen molar-refractivity contribution in [2.24, 2.45) is 0 Å². The first-order valence-corrected chi connectivity index (χ1v) is 13.2. The quantitative estimate of drug-likeness (QED) is 0.309. The Morgan fingerprint density at radius 1 is 0.889 bits per heavy atom. The highest BCUT2D eigenvalue weighted by atomic mass is 28.4. The third-order valence-electron chi connectivity index (χ3n) is 6.62. The normalized spacial score (nSPS) is 19.1. The first kappa shape index (κ1) is 20.3. The summed E-state index contributed by atoms with van der Waals surface area (Å²) in [6.07, 6.45) is 1.17. The SMILES string of the molecule is CC(C)(C)[Si](C)(C)OCC[C@H]1C[N+]1(Cc1ccccc1)Cc1ccccc1. The van der Waals surface area contributed by atoms with E-state index in [9.17, 15) is 0 Å². The Bertz CT molecular complexity index is 680. The lowest BCUT2D eigenvalue weighted by molar-refractivity contribution is -0.842. The lowest BCUT2D eigenvalue weighted by Gasteiger charge is -2.36. The van der Waals surface area contributed by atoms with Gasteiger partial charge in [0.1, 0.15) is 25.7 Å². The molecule has 0 amide bonds. The molecule has 2 aromatic carbocycles. The number of hydrogen-bond acceptors (Lipinski definition) is 1. The van der Waals surface area contributed by atoms with E-state index in [4.69, 9.17) is 4.43 Å². The maximum atomic E-state index is 6.47.